The van der Waals surface area contributed by atoms with Crippen LogP contribution in [0, 0.1) is 5.92 Å². The van der Waals surface area contributed by atoms with Gasteiger partial charge in [-0.1, -0.05) is 30.3 Å². The first-order chi connectivity index (χ1) is 12.0. The van der Waals surface area contributed by atoms with Crippen LogP contribution in [-0.4, -0.2) is 41.8 Å². The molecule has 6 heteroatoms. The summed E-state index contributed by atoms with van der Waals surface area (Å²) in [5.74, 6) is 0.0503. The van der Waals surface area contributed by atoms with Crippen molar-refractivity contribution in [1.82, 2.24) is 15.5 Å². The van der Waals surface area contributed by atoms with Crippen molar-refractivity contribution in [2.75, 3.05) is 13.1 Å². The molecular formula is C19H23N3O3. The van der Waals surface area contributed by atoms with Gasteiger partial charge in [0.1, 0.15) is 0 Å². The number of urea groups is 1. The zero-order valence-corrected chi connectivity index (χ0v) is 14.5. The molecule has 1 unspecified atom stereocenters. The monoisotopic (exact) mass is 341 g/mol. The lowest BCUT2D eigenvalue weighted by Crippen LogP contribution is -2.51. The number of ketones is 1. The maximum absolute atomic E-state index is 12.8. The first kappa shape index (κ1) is 17.2. The van der Waals surface area contributed by atoms with Gasteiger partial charge in [0.2, 0.25) is 0 Å². The molecular weight excluding hydrogens is 318 g/mol. The third-order valence-corrected chi connectivity index (χ3v) is 4.93. The summed E-state index contributed by atoms with van der Waals surface area (Å²) in [6, 6.07) is 8.71. The smallest absolute Gasteiger partial charge is 0.319 e. The van der Waals surface area contributed by atoms with Crippen LogP contribution in [0.25, 0.3) is 0 Å². The lowest BCUT2D eigenvalue weighted by Gasteiger charge is -2.34. The summed E-state index contributed by atoms with van der Waals surface area (Å²) in [5, 5.41) is 5.37. The van der Waals surface area contributed by atoms with Crippen LogP contribution in [0.2, 0.25) is 0 Å². The minimum absolute atomic E-state index is 0.0388. The van der Waals surface area contributed by atoms with Crippen LogP contribution in [0.15, 0.2) is 41.6 Å². The Morgan fingerprint density at radius 1 is 1.12 bits per heavy atom. The fraction of sp³-hybridized carbons (Fsp3) is 0.421. The third-order valence-electron chi connectivity index (χ3n) is 4.93. The van der Waals surface area contributed by atoms with Gasteiger partial charge in [-0.2, -0.15) is 0 Å². The summed E-state index contributed by atoms with van der Waals surface area (Å²) >= 11 is 0. The molecule has 132 valence electrons. The molecule has 0 radical (unpaired) electrons. The highest BCUT2D eigenvalue weighted by atomic mass is 16.2. The summed E-state index contributed by atoms with van der Waals surface area (Å²) in [6.07, 6.45) is 1.33. The fourth-order valence-corrected chi connectivity index (χ4v) is 3.57. The standard InChI is InChI=1S/C19H23N3O3/c1-12-16(13(2)21-19(25)20-12)18(24)22-10-8-15(9-11-22)17(23)14-6-4-3-5-7-14/h3-7,12,15H,8-11H2,1-2H3,(H2,20,21,25). The quantitative estimate of drug-likeness (QED) is 0.826. The second-order valence-corrected chi connectivity index (χ2v) is 6.66. The number of allylic oxidation sites excluding steroid dienone is 1. The minimum atomic E-state index is -0.315. The first-order valence-corrected chi connectivity index (χ1v) is 8.64. The van der Waals surface area contributed by atoms with Crippen molar-refractivity contribution >= 4 is 17.7 Å². The maximum Gasteiger partial charge on any atom is 0.319 e. The van der Waals surface area contributed by atoms with Crippen molar-refractivity contribution in [2.24, 2.45) is 5.92 Å². The SMILES string of the molecule is CC1=C(C(=O)N2CCC(C(=O)c3ccccc3)CC2)C(C)NC(=O)N1. The highest BCUT2D eigenvalue weighted by molar-refractivity contribution is 5.99. The molecule has 1 atom stereocenters. The molecule has 2 heterocycles. The minimum Gasteiger partial charge on any atom is -0.339 e. The third kappa shape index (κ3) is 3.57. The molecule has 0 aromatic heterocycles. The van der Waals surface area contributed by atoms with Crippen molar-refractivity contribution in [3.63, 3.8) is 0 Å². The van der Waals surface area contributed by atoms with E-state index in [2.05, 4.69) is 10.6 Å². The van der Waals surface area contributed by atoms with E-state index in [0.29, 0.717) is 37.2 Å². The second kappa shape index (κ2) is 7.09. The molecule has 0 aliphatic carbocycles. The van der Waals surface area contributed by atoms with Gasteiger partial charge in [-0.15, -0.1) is 0 Å². The first-order valence-electron chi connectivity index (χ1n) is 8.64. The zero-order chi connectivity index (χ0) is 18.0. The summed E-state index contributed by atoms with van der Waals surface area (Å²) in [7, 11) is 0. The number of Topliss-reactive ketones (excluding diaryl/α,β-unsaturated/α-hetero) is 1. The summed E-state index contributed by atoms with van der Waals surface area (Å²) < 4.78 is 0. The van der Waals surface area contributed by atoms with E-state index < -0.39 is 0 Å². The van der Waals surface area contributed by atoms with Crippen LogP contribution in [0.4, 0.5) is 4.79 Å². The Bertz CT molecular complexity index is 719. The number of nitrogens with one attached hydrogen (secondary N) is 2. The Morgan fingerprint density at radius 2 is 1.76 bits per heavy atom. The van der Waals surface area contributed by atoms with Crippen molar-refractivity contribution in [1.29, 1.82) is 0 Å². The number of hydrogen-bond donors (Lipinski definition) is 2. The van der Waals surface area contributed by atoms with Crippen LogP contribution < -0.4 is 10.6 Å². The topological polar surface area (TPSA) is 78.5 Å². The largest absolute Gasteiger partial charge is 0.339 e. The maximum atomic E-state index is 12.8. The van der Waals surface area contributed by atoms with E-state index in [1.807, 2.05) is 30.3 Å². The normalized spacial score (nSPS) is 21.6. The number of benzene rings is 1. The number of nitrogens with zero attached hydrogens (tertiary/aromatic N) is 1. The van der Waals surface area contributed by atoms with Crippen LogP contribution in [0.5, 0.6) is 0 Å². The van der Waals surface area contributed by atoms with E-state index in [1.54, 1.807) is 18.7 Å². The fourth-order valence-electron chi connectivity index (χ4n) is 3.57. The Kier molecular flexibility index (Phi) is 4.88. The second-order valence-electron chi connectivity index (χ2n) is 6.66. The summed E-state index contributed by atoms with van der Waals surface area (Å²) in [6.45, 7) is 4.66. The van der Waals surface area contributed by atoms with Crippen molar-refractivity contribution < 1.29 is 14.4 Å². The molecule has 0 saturated carbocycles. The van der Waals surface area contributed by atoms with Gasteiger partial charge in [-0.25, -0.2) is 4.79 Å². The average Bonchev–Trinajstić information content (AvgIpc) is 2.61. The van der Waals surface area contributed by atoms with Gasteiger partial charge >= 0.3 is 6.03 Å². The Morgan fingerprint density at radius 3 is 2.36 bits per heavy atom. The predicted molar refractivity (Wildman–Crippen MR) is 93.9 cm³/mol. The molecule has 3 amide bonds. The van der Waals surface area contributed by atoms with Crippen LogP contribution in [-0.2, 0) is 4.79 Å². The molecule has 6 nitrogen and oxygen atoms in total. The van der Waals surface area contributed by atoms with Gasteiger partial charge in [0.25, 0.3) is 5.91 Å². The Balaban J connectivity index is 1.64. The van der Waals surface area contributed by atoms with Crippen LogP contribution in [0.1, 0.15) is 37.0 Å². The lowest BCUT2D eigenvalue weighted by atomic mass is 9.88. The molecule has 1 saturated heterocycles. The van der Waals surface area contributed by atoms with E-state index in [9.17, 15) is 14.4 Å². The summed E-state index contributed by atoms with van der Waals surface area (Å²) in [5.41, 5.74) is 1.93. The molecule has 1 aromatic carbocycles. The molecule has 1 fully saturated rings. The number of hydrogen-bond acceptors (Lipinski definition) is 3. The van der Waals surface area contributed by atoms with E-state index in [-0.39, 0.29) is 29.7 Å². The van der Waals surface area contributed by atoms with E-state index in [1.165, 1.54) is 0 Å². The molecule has 25 heavy (non-hydrogen) atoms. The predicted octanol–water partition coefficient (Wildman–Crippen LogP) is 2.08. The highest BCUT2D eigenvalue weighted by Gasteiger charge is 2.33. The number of piperidine rings is 1. The number of likely N-dealkylation sites (tertiary alicyclic amines) is 1. The average molecular weight is 341 g/mol. The van der Waals surface area contributed by atoms with Gasteiger partial charge in [-0.3, -0.25) is 9.59 Å². The Hall–Kier alpha value is -2.63. The highest BCUT2D eigenvalue weighted by Crippen LogP contribution is 2.24. The zero-order valence-electron chi connectivity index (χ0n) is 14.5. The van der Waals surface area contributed by atoms with Crippen molar-refractivity contribution in [3.8, 4) is 0 Å². The lowest BCUT2D eigenvalue weighted by molar-refractivity contribution is -0.128. The molecule has 2 aliphatic rings. The molecule has 3 rings (SSSR count). The van der Waals surface area contributed by atoms with Gasteiger partial charge in [0.15, 0.2) is 5.78 Å². The molecule has 2 aliphatic heterocycles. The number of carbonyl (C=O) groups excluding carboxylic acids is 3. The number of carbonyl (C=O) groups is 3. The number of rotatable bonds is 3. The van der Waals surface area contributed by atoms with E-state index in [4.69, 9.17) is 0 Å². The summed E-state index contributed by atoms with van der Waals surface area (Å²) in [4.78, 5) is 38.6. The van der Waals surface area contributed by atoms with Gasteiger partial charge < -0.3 is 15.5 Å². The number of amides is 3. The van der Waals surface area contributed by atoms with E-state index >= 15 is 0 Å². The van der Waals surface area contributed by atoms with Gasteiger partial charge in [0, 0.05) is 30.3 Å². The van der Waals surface area contributed by atoms with E-state index in [0.717, 1.165) is 5.56 Å². The van der Waals surface area contributed by atoms with Crippen molar-refractivity contribution in [3.05, 3.63) is 47.2 Å². The molecule has 2 N–H and O–H groups in total. The Labute approximate surface area is 147 Å². The van der Waals surface area contributed by atoms with Gasteiger partial charge in [0.05, 0.1) is 11.6 Å². The van der Waals surface area contributed by atoms with Crippen LogP contribution >= 0.6 is 0 Å². The van der Waals surface area contributed by atoms with Gasteiger partial charge in [-0.05, 0) is 26.7 Å². The molecule has 0 spiro atoms. The molecule has 0 bridgehead atoms. The molecule has 1 aromatic rings. The van der Waals surface area contributed by atoms with Crippen molar-refractivity contribution in [2.45, 2.75) is 32.7 Å². The van der Waals surface area contributed by atoms with Crippen LogP contribution in [0.3, 0.4) is 0 Å².